The number of likely N-dealkylation sites (N-methyl/N-ethyl adjacent to an activating group) is 1. The van der Waals surface area contributed by atoms with Crippen LogP contribution in [0.25, 0.3) is 0 Å². The van der Waals surface area contributed by atoms with Crippen LogP contribution in [0.1, 0.15) is 354 Å². The van der Waals surface area contributed by atoms with Crippen molar-refractivity contribution in [2.45, 2.75) is 366 Å². The minimum absolute atomic E-state index is 0.0790. The molecule has 438 valence electrons. The molecule has 3 N–H and O–H groups in total. The Hall–Kier alpha value is -0.500. The molecule has 9 heteroatoms. The maximum absolute atomic E-state index is 13.0. The third-order valence-corrected chi connectivity index (χ3v) is 16.6. The van der Waals surface area contributed by atoms with Crippen molar-refractivity contribution in [3.8, 4) is 0 Å². The fraction of sp³-hybridized carbons (Fsp3) is 0.984. The van der Waals surface area contributed by atoms with Gasteiger partial charge in [0.2, 0.25) is 5.91 Å². The predicted molar refractivity (Wildman–Crippen MR) is 319 cm³/mol. The van der Waals surface area contributed by atoms with Crippen LogP contribution < -0.4 is 5.32 Å². The van der Waals surface area contributed by atoms with Crippen LogP contribution in [0, 0.1) is 0 Å². The molecule has 0 saturated heterocycles. The summed E-state index contributed by atoms with van der Waals surface area (Å²) in [6.07, 6.45) is 69.3. The summed E-state index contributed by atoms with van der Waals surface area (Å²) in [6.45, 7) is 4.94. The summed E-state index contributed by atoms with van der Waals surface area (Å²) in [5.74, 6) is -0.136. The first-order chi connectivity index (χ1) is 35.5. The molecule has 0 aromatic rings. The Morgan fingerprint density at radius 3 is 0.918 bits per heavy atom. The fourth-order valence-corrected chi connectivity index (χ4v) is 11.2. The molecular formula is C64H132N2O6P+. The number of hydrogen-bond acceptors (Lipinski definition) is 5. The zero-order valence-corrected chi connectivity index (χ0v) is 51.1. The van der Waals surface area contributed by atoms with E-state index in [4.69, 9.17) is 9.05 Å². The van der Waals surface area contributed by atoms with E-state index in [1.807, 2.05) is 21.1 Å². The van der Waals surface area contributed by atoms with Gasteiger partial charge in [0.15, 0.2) is 0 Å². The Labute approximate surface area is 457 Å². The van der Waals surface area contributed by atoms with Crippen LogP contribution in [-0.4, -0.2) is 73.4 Å². The maximum atomic E-state index is 13.0. The third-order valence-electron chi connectivity index (χ3n) is 15.6. The smallest absolute Gasteiger partial charge is 0.391 e. The molecule has 3 unspecified atom stereocenters. The average molecular weight is 1060 g/mol. The fourth-order valence-electron chi connectivity index (χ4n) is 10.5. The predicted octanol–water partition coefficient (Wildman–Crippen LogP) is 20.4. The van der Waals surface area contributed by atoms with E-state index < -0.39 is 20.0 Å². The van der Waals surface area contributed by atoms with Gasteiger partial charge in [0.25, 0.3) is 0 Å². The summed E-state index contributed by atoms with van der Waals surface area (Å²) in [6, 6.07) is -0.755. The van der Waals surface area contributed by atoms with E-state index in [0.29, 0.717) is 23.9 Å². The van der Waals surface area contributed by atoms with Crippen LogP contribution in [0.2, 0.25) is 0 Å². The molecule has 0 bridgehead atoms. The molecule has 0 aliphatic heterocycles. The van der Waals surface area contributed by atoms with Gasteiger partial charge in [-0.3, -0.25) is 13.8 Å². The van der Waals surface area contributed by atoms with Crippen LogP contribution in [0.5, 0.6) is 0 Å². The summed E-state index contributed by atoms with van der Waals surface area (Å²) in [7, 11) is 1.64. The van der Waals surface area contributed by atoms with Crippen molar-refractivity contribution < 1.29 is 32.9 Å². The number of carbonyl (C=O) groups is 1. The maximum Gasteiger partial charge on any atom is 0.472 e. The first-order valence-corrected chi connectivity index (χ1v) is 34.4. The third kappa shape index (κ3) is 59.0. The van der Waals surface area contributed by atoms with E-state index in [1.165, 1.54) is 289 Å². The zero-order valence-electron chi connectivity index (χ0n) is 50.2. The molecule has 0 aromatic heterocycles. The lowest BCUT2D eigenvalue weighted by Crippen LogP contribution is -2.46. The van der Waals surface area contributed by atoms with Gasteiger partial charge in [0, 0.05) is 6.42 Å². The van der Waals surface area contributed by atoms with Crippen LogP contribution >= 0.6 is 7.82 Å². The van der Waals surface area contributed by atoms with Crippen LogP contribution in [0.4, 0.5) is 0 Å². The number of carbonyl (C=O) groups excluding carboxylic acids is 1. The second kappa shape index (κ2) is 56.2. The van der Waals surface area contributed by atoms with Gasteiger partial charge in [-0.15, -0.1) is 0 Å². The highest BCUT2D eigenvalue weighted by Gasteiger charge is 2.28. The zero-order chi connectivity index (χ0) is 53.5. The van der Waals surface area contributed by atoms with Gasteiger partial charge in [-0.2, -0.15) is 0 Å². The molecule has 0 rings (SSSR count). The van der Waals surface area contributed by atoms with E-state index in [1.54, 1.807) is 0 Å². The lowest BCUT2D eigenvalue weighted by atomic mass is 10.0. The van der Waals surface area contributed by atoms with Crippen molar-refractivity contribution in [1.82, 2.24) is 5.32 Å². The highest BCUT2D eigenvalue weighted by molar-refractivity contribution is 7.47. The monoisotopic (exact) mass is 1060 g/mol. The second-order valence-corrected chi connectivity index (χ2v) is 25.7. The minimum Gasteiger partial charge on any atom is -0.391 e. The number of amides is 1. The van der Waals surface area contributed by atoms with E-state index in [2.05, 4.69) is 19.2 Å². The van der Waals surface area contributed by atoms with Crippen molar-refractivity contribution in [2.24, 2.45) is 0 Å². The summed E-state index contributed by atoms with van der Waals surface area (Å²) in [5.41, 5.74) is 0. The SMILES string of the molecule is CCCCCCCCCCCCCCCCCCCCCCCCCCCCCCCCCCCCCCCC(=O)NC(COP(=O)(O)OCC[N+](C)(C)C)C(O)CCCCCCCCCCCCCCCC. The van der Waals surface area contributed by atoms with Gasteiger partial charge < -0.3 is 19.8 Å². The molecule has 0 aliphatic carbocycles. The number of aliphatic hydroxyl groups is 1. The molecule has 0 aromatic carbocycles. The number of aliphatic hydroxyl groups excluding tert-OH is 1. The molecule has 0 aliphatic rings. The quantitative estimate of drug-likeness (QED) is 0.0318. The molecule has 0 heterocycles. The normalized spacial score (nSPS) is 13.7. The highest BCUT2D eigenvalue weighted by Crippen LogP contribution is 2.43. The first kappa shape index (κ1) is 72.5. The molecule has 73 heavy (non-hydrogen) atoms. The standard InChI is InChI=1S/C64H131N2O6P/c1-6-8-10-12-14-16-18-20-22-23-24-25-26-27-28-29-30-31-32-33-34-35-36-37-38-39-40-41-42-43-44-46-48-50-52-54-56-58-64(68)65-62(61-72-73(69,70)71-60-59-66(3,4)5)63(67)57-55-53-51-49-47-45-21-19-17-15-13-11-9-7-2/h62-63,67H,6-61H2,1-5H3,(H-,65,68,69,70)/p+1. The molecule has 8 nitrogen and oxygen atoms in total. The van der Waals surface area contributed by atoms with Gasteiger partial charge in [-0.05, 0) is 12.8 Å². The lowest BCUT2D eigenvalue weighted by molar-refractivity contribution is -0.870. The molecule has 0 saturated carbocycles. The summed E-state index contributed by atoms with van der Waals surface area (Å²) < 4.78 is 23.8. The van der Waals surface area contributed by atoms with Gasteiger partial charge >= 0.3 is 7.82 Å². The molecule has 0 spiro atoms. The molecule has 0 fully saturated rings. The summed E-state index contributed by atoms with van der Waals surface area (Å²) in [4.78, 5) is 23.3. The first-order valence-electron chi connectivity index (χ1n) is 32.9. The molecular weight excluding hydrogens is 924 g/mol. The average Bonchev–Trinajstić information content (AvgIpc) is 3.35. The van der Waals surface area contributed by atoms with Crippen molar-refractivity contribution >= 4 is 13.7 Å². The highest BCUT2D eigenvalue weighted by atomic mass is 31.2. The largest absolute Gasteiger partial charge is 0.472 e. The number of nitrogens with zero attached hydrogens (tertiary/aromatic N) is 1. The molecule has 0 radical (unpaired) electrons. The van der Waals surface area contributed by atoms with Crippen molar-refractivity contribution in [3.05, 3.63) is 0 Å². The topological polar surface area (TPSA) is 105 Å². The number of phosphoric acid groups is 1. The van der Waals surface area contributed by atoms with Crippen molar-refractivity contribution in [2.75, 3.05) is 40.9 Å². The number of quaternary nitrogens is 1. The molecule has 1 amide bonds. The van der Waals surface area contributed by atoms with Crippen LogP contribution in [0.3, 0.4) is 0 Å². The minimum atomic E-state index is -4.32. The molecule has 3 atom stereocenters. The second-order valence-electron chi connectivity index (χ2n) is 24.2. The van der Waals surface area contributed by atoms with E-state index in [-0.39, 0.29) is 19.1 Å². The Morgan fingerprint density at radius 2 is 0.658 bits per heavy atom. The van der Waals surface area contributed by atoms with E-state index in [0.717, 1.165) is 38.5 Å². The summed E-state index contributed by atoms with van der Waals surface area (Å²) >= 11 is 0. The van der Waals surface area contributed by atoms with E-state index in [9.17, 15) is 19.4 Å². The Morgan fingerprint density at radius 1 is 0.411 bits per heavy atom. The Bertz CT molecular complexity index is 1150. The number of phosphoric ester groups is 1. The van der Waals surface area contributed by atoms with Crippen LogP contribution in [0.15, 0.2) is 0 Å². The lowest BCUT2D eigenvalue weighted by Gasteiger charge is -2.26. The number of nitrogens with one attached hydrogen (secondary N) is 1. The Kier molecular flexibility index (Phi) is 55.8. The number of rotatable bonds is 62. The van der Waals surface area contributed by atoms with Gasteiger partial charge in [0.1, 0.15) is 13.2 Å². The van der Waals surface area contributed by atoms with Crippen LogP contribution in [-0.2, 0) is 18.4 Å². The van der Waals surface area contributed by atoms with Crippen molar-refractivity contribution in [1.29, 1.82) is 0 Å². The number of unbranched alkanes of at least 4 members (excludes halogenated alkanes) is 49. The number of hydrogen-bond donors (Lipinski definition) is 3. The summed E-state index contributed by atoms with van der Waals surface area (Å²) in [5, 5.41) is 14.1. The van der Waals surface area contributed by atoms with E-state index >= 15 is 0 Å². The van der Waals surface area contributed by atoms with Gasteiger partial charge in [-0.25, -0.2) is 4.57 Å². The van der Waals surface area contributed by atoms with Gasteiger partial charge in [0.05, 0.1) is 39.9 Å². The Balaban J connectivity index is 3.84. The van der Waals surface area contributed by atoms with Gasteiger partial charge in [-0.1, -0.05) is 335 Å². The van der Waals surface area contributed by atoms with Crippen molar-refractivity contribution in [3.63, 3.8) is 0 Å².